The molecule has 0 aliphatic carbocycles. The number of aromatic carboxylic acids is 2. The van der Waals surface area contributed by atoms with Crippen LogP contribution in [0.2, 0.25) is 0 Å². The van der Waals surface area contributed by atoms with Crippen LogP contribution in [0.15, 0.2) is 12.1 Å². The molecule has 6 heteroatoms. The van der Waals surface area contributed by atoms with Crippen molar-refractivity contribution in [2.24, 2.45) is 0 Å². The maximum absolute atomic E-state index is 11.3. The molecule has 1 aromatic carbocycles. The maximum Gasteiger partial charge on any atom is 0.336 e. The molecule has 0 amide bonds. The molecule has 2 N–H and O–H groups in total. The van der Waals surface area contributed by atoms with Crippen molar-refractivity contribution in [3.8, 4) is 0 Å². The van der Waals surface area contributed by atoms with Crippen molar-refractivity contribution >= 4 is 35.1 Å². The number of hydrogen-bond acceptors (Lipinski definition) is 2. The topological polar surface area (TPSA) is 74.6 Å². The van der Waals surface area contributed by atoms with Crippen molar-refractivity contribution in [1.82, 2.24) is 0 Å². The van der Waals surface area contributed by atoms with Gasteiger partial charge in [-0.1, -0.05) is 6.07 Å². The van der Waals surface area contributed by atoms with Gasteiger partial charge in [-0.2, -0.15) is 0 Å². The number of halogens is 2. The van der Waals surface area contributed by atoms with Gasteiger partial charge in [0.2, 0.25) is 0 Å². The lowest BCUT2D eigenvalue weighted by Gasteiger charge is -2.17. The lowest BCUT2D eigenvalue weighted by atomic mass is 9.92. The van der Waals surface area contributed by atoms with Gasteiger partial charge in [-0.3, -0.25) is 0 Å². The predicted molar refractivity (Wildman–Crippen MR) is 68.9 cm³/mol. The summed E-state index contributed by atoms with van der Waals surface area (Å²) < 4.78 is 0. The van der Waals surface area contributed by atoms with E-state index in [0.717, 1.165) is 0 Å². The third-order valence-corrected chi connectivity index (χ3v) is 3.00. The first-order chi connectivity index (χ1) is 8.27. The van der Waals surface area contributed by atoms with Crippen LogP contribution in [0, 0.1) is 0 Å². The lowest BCUT2D eigenvalue weighted by Crippen LogP contribution is -2.14. The molecule has 0 spiro atoms. The zero-order valence-electron chi connectivity index (χ0n) is 9.78. The second-order valence-corrected chi connectivity index (χ2v) is 5.14. The molecule has 0 bridgehead atoms. The van der Waals surface area contributed by atoms with Gasteiger partial charge in [0.15, 0.2) is 0 Å². The summed E-state index contributed by atoms with van der Waals surface area (Å²) in [6, 6.07) is 2.74. The summed E-state index contributed by atoms with van der Waals surface area (Å²) in [5, 5.41) is 17.1. The smallest absolute Gasteiger partial charge is 0.336 e. The van der Waals surface area contributed by atoms with Gasteiger partial charge in [-0.25, -0.2) is 9.59 Å². The molecule has 0 aliphatic heterocycles. The van der Waals surface area contributed by atoms with Crippen LogP contribution >= 0.6 is 23.2 Å². The summed E-state index contributed by atoms with van der Waals surface area (Å²) in [6.07, 6.45) is 0. The molecule has 1 rings (SSSR count). The van der Waals surface area contributed by atoms with Gasteiger partial charge in [0.1, 0.15) is 0 Å². The Hall–Kier alpha value is -1.26. The molecule has 4 nitrogen and oxygen atoms in total. The van der Waals surface area contributed by atoms with E-state index < -0.39 is 22.7 Å². The average molecular weight is 291 g/mol. The monoisotopic (exact) mass is 290 g/mol. The third kappa shape index (κ3) is 2.76. The molecule has 2 unspecified atom stereocenters. The van der Waals surface area contributed by atoms with Crippen molar-refractivity contribution in [2.75, 3.05) is 0 Å². The van der Waals surface area contributed by atoms with Gasteiger partial charge >= 0.3 is 11.9 Å². The molecule has 0 saturated heterocycles. The maximum atomic E-state index is 11.3. The number of carboxylic acids is 2. The molecule has 98 valence electrons. The SMILES string of the molecule is CC(Cl)c1ccc(C(=O)O)c(C(=O)O)c1C(C)Cl. The summed E-state index contributed by atoms with van der Waals surface area (Å²) in [5.41, 5.74) is 0.203. The molecule has 0 fully saturated rings. The minimum atomic E-state index is -1.32. The normalized spacial score (nSPS) is 14.0. The number of benzene rings is 1. The van der Waals surface area contributed by atoms with Gasteiger partial charge in [0.25, 0.3) is 0 Å². The van der Waals surface area contributed by atoms with Crippen LogP contribution in [0.5, 0.6) is 0 Å². The summed E-state index contributed by atoms with van der Waals surface area (Å²) in [6.45, 7) is 3.25. The first-order valence-electron chi connectivity index (χ1n) is 5.18. The Bertz CT molecular complexity index is 495. The van der Waals surface area contributed by atoms with Crippen LogP contribution in [0.4, 0.5) is 0 Å². The highest BCUT2D eigenvalue weighted by molar-refractivity contribution is 6.23. The molecule has 1 aromatic rings. The fraction of sp³-hybridized carbons (Fsp3) is 0.333. The second kappa shape index (κ2) is 5.59. The summed E-state index contributed by atoms with van der Waals surface area (Å²) >= 11 is 11.9. The first kappa shape index (κ1) is 14.8. The van der Waals surface area contributed by atoms with Crippen molar-refractivity contribution in [3.05, 3.63) is 34.4 Å². The van der Waals surface area contributed by atoms with Gasteiger partial charge in [0.05, 0.1) is 21.9 Å². The van der Waals surface area contributed by atoms with E-state index in [1.807, 2.05) is 0 Å². The van der Waals surface area contributed by atoms with E-state index in [0.29, 0.717) is 5.56 Å². The Labute approximate surface area is 114 Å². The highest BCUT2D eigenvalue weighted by Gasteiger charge is 2.26. The second-order valence-electron chi connectivity index (χ2n) is 3.83. The molecule has 18 heavy (non-hydrogen) atoms. The third-order valence-electron chi connectivity index (χ3n) is 2.55. The number of carbonyl (C=O) groups is 2. The van der Waals surface area contributed by atoms with Crippen LogP contribution < -0.4 is 0 Å². The molecular weight excluding hydrogens is 279 g/mol. The van der Waals surface area contributed by atoms with E-state index in [9.17, 15) is 14.7 Å². The van der Waals surface area contributed by atoms with E-state index in [1.54, 1.807) is 13.8 Å². The zero-order valence-corrected chi connectivity index (χ0v) is 11.3. The fourth-order valence-electron chi connectivity index (χ4n) is 1.82. The Balaban J connectivity index is 3.71. The predicted octanol–water partition coefficient (Wildman–Crippen LogP) is 3.68. The standard InChI is InChI=1S/C12H12Cl2O4/c1-5(13)7-3-4-8(11(15)16)10(12(17)18)9(7)6(2)14/h3-6H,1-2H3,(H,15,16)(H,17,18). The Morgan fingerprint density at radius 1 is 1.06 bits per heavy atom. The number of hydrogen-bond donors (Lipinski definition) is 2. The number of carboxylic acid groups (broad SMARTS) is 2. The number of alkyl halides is 2. The van der Waals surface area contributed by atoms with E-state index in [4.69, 9.17) is 28.3 Å². The summed E-state index contributed by atoms with van der Waals surface area (Å²) in [7, 11) is 0. The summed E-state index contributed by atoms with van der Waals surface area (Å²) in [5.74, 6) is -2.63. The molecule has 0 radical (unpaired) electrons. The van der Waals surface area contributed by atoms with E-state index >= 15 is 0 Å². The average Bonchev–Trinajstić information content (AvgIpc) is 2.26. The molecule has 0 saturated carbocycles. The zero-order chi connectivity index (χ0) is 14.0. The Morgan fingerprint density at radius 3 is 1.94 bits per heavy atom. The molecule has 0 heterocycles. The van der Waals surface area contributed by atoms with Crippen LogP contribution in [-0.2, 0) is 0 Å². The van der Waals surface area contributed by atoms with Gasteiger partial charge in [-0.15, -0.1) is 23.2 Å². The number of rotatable bonds is 4. The van der Waals surface area contributed by atoms with E-state index in [-0.39, 0.29) is 16.7 Å². The van der Waals surface area contributed by atoms with E-state index in [2.05, 4.69) is 0 Å². The molecule has 0 aliphatic rings. The molecule has 0 aromatic heterocycles. The largest absolute Gasteiger partial charge is 0.478 e. The van der Waals surface area contributed by atoms with Crippen LogP contribution in [0.25, 0.3) is 0 Å². The Morgan fingerprint density at radius 2 is 1.61 bits per heavy atom. The minimum absolute atomic E-state index is 0.256. The van der Waals surface area contributed by atoms with Gasteiger partial charge in [-0.05, 0) is 31.0 Å². The van der Waals surface area contributed by atoms with Crippen molar-refractivity contribution in [1.29, 1.82) is 0 Å². The first-order valence-corrected chi connectivity index (χ1v) is 6.06. The quantitative estimate of drug-likeness (QED) is 0.830. The molecular formula is C12H12Cl2O4. The summed E-state index contributed by atoms with van der Waals surface area (Å²) in [4.78, 5) is 22.3. The molecule has 2 atom stereocenters. The lowest BCUT2D eigenvalue weighted by molar-refractivity contribution is 0.0650. The van der Waals surface area contributed by atoms with Gasteiger partial charge < -0.3 is 10.2 Å². The minimum Gasteiger partial charge on any atom is -0.478 e. The van der Waals surface area contributed by atoms with E-state index in [1.165, 1.54) is 12.1 Å². The van der Waals surface area contributed by atoms with Crippen LogP contribution in [-0.4, -0.2) is 22.2 Å². The fourth-order valence-corrected chi connectivity index (χ4v) is 2.25. The highest BCUT2D eigenvalue weighted by atomic mass is 35.5. The van der Waals surface area contributed by atoms with Crippen LogP contribution in [0.3, 0.4) is 0 Å². The van der Waals surface area contributed by atoms with Crippen LogP contribution in [0.1, 0.15) is 56.4 Å². The van der Waals surface area contributed by atoms with Gasteiger partial charge in [0, 0.05) is 0 Å². The highest BCUT2D eigenvalue weighted by Crippen LogP contribution is 2.35. The Kier molecular flexibility index (Phi) is 4.59. The van der Waals surface area contributed by atoms with Crippen molar-refractivity contribution in [2.45, 2.75) is 24.6 Å². The van der Waals surface area contributed by atoms with Crippen molar-refractivity contribution in [3.63, 3.8) is 0 Å². The van der Waals surface area contributed by atoms with Crippen molar-refractivity contribution < 1.29 is 19.8 Å².